The molecule has 3 nitrogen and oxygen atoms in total. The molecule has 2 rings (SSSR count). The Morgan fingerprint density at radius 3 is 2.35 bits per heavy atom. The van der Waals surface area contributed by atoms with Gasteiger partial charge in [0.25, 0.3) is 0 Å². The molecule has 0 aliphatic heterocycles. The Morgan fingerprint density at radius 1 is 1.25 bits per heavy atom. The number of hydrogen-bond acceptors (Lipinski definition) is 2. The first-order valence-electron chi connectivity index (χ1n) is 5.62. The van der Waals surface area contributed by atoms with E-state index < -0.39 is 23.3 Å². The Kier molecular flexibility index (Phi) is 3.37. The van der Waals surface area contributed by atoms with Gasteiger partial charge in [-0.05, 0) is 25.1 Å². The summed E-state index contributed by atoms with van der Waals surface area (Å²) in [6.45, 7) is 1.67. The first-order chi connectivity index (χ1) is 9.20. The van der Waals surface area contributed by atoms with E-state index in [4.69, 9.17) is 0 Å². The molecule has 1 aromatic heterocycles. The molecular weight excluding hydrogens is 276 g/mol. The summed E-state index contributed by atoms with van der Waals surface area (Å²) in [4.78, 5) is 12.1. The average Bonchev–Trinajstić information content (AvgIpc) is 2.65. The summed E-state index contributed by atoms with van der Waals surface area (Å²) in [5.74, 6) is -2.05. The van der Waals surface area contributed by atoms with Crippen LogP contribution in [0.25, 0.3) is 0 Å². The Labute approximate surface area is 111 Å². The number of aryl methyl sites for hydroxylation is 2. The van der Waals surface area contributed by atoms with Gasteiger partial charge in [0, 0.05) is 12.6 Å². The standard InChI is InChI=1S/C13H10F4N2O/c1-7-5-11(19(2)18-7)12(20)8-3-4-9(10(14)6-8)13(15,16)17/h3-6H,1-2H3. The Bertz CT molecular complexity index is 673. The monoisotopic (exact) mass is 286 g/mol. The fraction of sp³-hybridized carbons (Fsp3) is 0.231. The quantitative estimate of drug-likeness (QED) is 0.628. The van der Waals surface area contributed by atoms with E-state index in [1.165, 1.54) is 17.8 Å². The van der Waals surface area contributed by atoms with Gasteiger partial charge in [-0.15, -0.1) is 0 Å². The SMILES string of the molecule is Cc1cc(C(=O)c2ccc(C(F)(F)F)c(F)c2)n(C)n1. The zero-order valence-corrected chi connectivity index (χ0v) is 10.6. The van der Waals surface area contributed by atoms with Crippen molar-refractivity contribution < 1.29 is 22.4 Å². The fourth-order valence-corrected chi connectivity index (χ4v) is 1.86. The van der Waals surface area contributed by atoms with E-state index >= 15 is 0 Å². The van der Waals surface area contributed by atoms with Crippen LogP contribution >= 0.6 is 0 Å². The van der Waals surface area contributed by atoms with E-state index in [9.17, 15) is 22.4 Å². The van der Waals surface area contributed by atoms with Crippen molar-refractivity contribution in [3.63, 3.8) is 0 Å². The molecule has 0 aliphatic carbocycles. The summed E-state index contributed by atoms with van der Waals surface area (Å²) in [6, 6.07) is 3.59. The second kappa shape index (κ2) is 4.73. The van der Waals surface area contributed by atoms with Crippen molar-refractivity contribution in [3.05, 3.63) is 52.6 Å². The maximum absolute atomic E-state index is 13.4. The number of hydrogen-bond donors (Lipinski definition) is 0. The molecule has 20 heavy (non-hydrogen) atoms. The van der Waals surface area contributed by atoms with E-state index in [2.05, 4.69) is 5.10 Å². The predicted molar refractivity (Wildman–Crippen MR) is 62.8 cm³/mol. The van der Waals surface area contributed by atoms with Crippen molar-refractivity contribution in [1.29, 1.82) is 0 Å². The summed E-state index contributed by atoms with van der Waals surface area (Å²) >= 11 is 0. The first-order valence-corrected chi connectivity index (χ1v) is 5.62. The van der Waals surface area contributed by atoms with Crippen LogP contribution in [0.15, 0.2) is 24.3 Å². The average molecular weight is 286 g/mol. The minimum absolute atomic E-state index is 0.154. The first kappa shape index (κ1) is 14.2. The molecule has 0 radical (unpaired) electrons. The molecule has 0 saturated carbocycles. The third-order valence-electron chi connectivity index (χ3n) is 2.77. The lowest BCUT2D eigenvalue weighted by molar-refractivity contribution is -0.140. The second-order valence-electron chi connectivity index (χ2n) is 4.32. The number of carbonyl (C=O) groups excluding carboxylic acids is 1. The van der Waals surface area contributed by atoms with Crippen LogP contribution in [-0.4, -0.2) is 15.6 Å². The number of carbonyl (C=O) groups is 1. The highest BCUT2D eigenvalue weighted by Gasteiger charge is 2.34. The van der Waals surface area contributed by atoms with Crippen molar-refractivity contribution in [2.24, 2.45) is 7.05 Å². The number of halogens is 4. The van der Waals surface area contributed by atoms with E-state index in [0.717, 1.165) is 6.07 Å². The highest BCUT2D eigenvalue weighted by molar-refractivity contribution is 6.07. The number of aromatic nitrogens is 2. The summed E-state index contributed by atoms with van der Waals surface area (Å²) in [7, 11) is 1.53. The Balaban J connectivity index is 2.42. The van der Waals surface area contributed by atoms with Gasteiger partial charge < -0.3 is 0 Å². The van der Waals surface area contributed by atoms with Crippen molar-refractivity contribution >= 4 is 5.78 Å². The summed E-state index contributed by atoms with van der Waals surface area (Å²) in [5.41, 5.74) is -0.779. The topological polar surface area (TPSA) is 34.9 Å². The largest absolute Gasteiger partial charge is 0.419 e. The minimum atomic E-state index is -4.78. The molecule has 0 amide bonds. The molecule has 0 bridgehead atoms. The van der Waals surface area contributed by atoms with E-state index in [1.54, 1.807) is 6.92 Å². The van der Waals surface area contributed by atoms with Gasteiger partial charge in [0.2, 0.25) is 5.78 Å². The molecule has 106 valence electrons. The van der Waals surface area contributed by atoms with Crippen molar-refractivity contribution in [1.82, 2.24) is 9.78 Å². The fourth-order valence-electron chi connectivity index (χ4n) is 1.86. The van der Waals surface area contributed by atoms with Gasteiger partial charge in [0.15, 0.2) is 0 Å². The van der Waals surface area contributed by atoms with Crippen LogP contribution in [0.3, 0.4) is 0 Å². The smallest absolute Gasteiger partial charge is 0.287 e. The lowest BCUT2D eigenvalue weighted by atomic mass is 10.0. The zero-order valence-electron chi connectivity index (χ0n) is 10.6. The molecule has 2 aromatic rings. The van der Waals surface area contributed by atoms with Gasteiger partial charge in [-0.3, -0.25) is 9.48 Å². The maximum Gasteiger partial charge on any atom is 0.419 e. The van der Waals surface area contributed by atoms with E-state index in [1.807, 2.05) is 0 Å². The molecule has 7 heteroatoms. The molecule has 1 heterocycles. The molecule has 0 aliphatic rings. The number of rotatable bonds is 2. The van der Waals surface area contributed by atoms with Gasteiger partial charge in [-0.25, -0.2) is 4.39 Å². The molecule has 0 N–H and O–H groups in total. The number of nitrogens with zero attached hydrogens (tertiary/aromatic N) is 2. The number of ketones is 1. The summed E-state index contributed by atoms with van der Waals surface area (Å²) in [5, 5.41) is 3.96. The predicted octanol–water partition coefficient (Wildman–Crippen LogP) is 3.12. The van der Waals surface area contributed by atoms with E-state index in [0.29, 0.717) is 17.8 Å². The van der Waals surface area contributed by atoms with Crippen LogP contribution in [-0.2, 0) is 13.2 Å². The number of alkyl halides is 3. The molecular formula is C13H10F4N2O. The summed E-state index contributed by atoms with van der Waals surface area (Å²) in [6.07, 6.45) is -4.78. The van der Waals surface area contributed by atoms with Crippen molar-refractivity contribution in [2.75, 3.05) is 0 Å². The van der Waals surface area contributed by atoms with Gasteiger partial charge >= 0.3 is 6.18 Å². The van der Waals surface area contributed by atoms with Crippen LogP contribution < -0.4 is 0 Å². The molecule has 0 spiro atoms. The third kappa shape index (κ3) is 2.56. The van der Waals surface area contributed by atoms with Crippen LogP contribution in [0.1, 0.15) is 27.3 Å². The van der Waals surface area contributed by atoms with E-state index in [-0.39, 0.29) is 11.3 Å². The molecule has 0 atom stereocenters. The van der Waals surface area contributed by atoms with Crippen molar-refractivity contribution in [2.45, 2.75) is 13.1 Å². The third-order valence-corrected chi connectivity index (χ3v) is 2.77. The van der Waals surface area contributed by atoms with Crippen LogP contribution in [0, 0.1) is 12.7 Å². The highest BCUT2D eigenvalue weighted by Crippen LogP contribution is 2.31. The molecule has 0 unspecified atom stereocenters. The molecule has 0 saturated heterocycles. The van der Waals surface area contributed by atoms with Gasteiger partial charge in [-0.1, -0.05) is 6.07 Å². The summed E-state index contributed by atoms with van der Waals surface area (Å²) < 4.78 is 52.0. The zero-order chi connectivity index (χ0) is 15.1. The second-order valence-corrected chi connectivity index (χ2v) is 4.32. The van der Waals surface area contributed by atoms with Gasteiger partial charge in [0.1, 0.15) is 11.5 Å². The normalized spacial score (nSPS) is 11.7. The van der Waals surface area contributed by atoms with Crippen LogP contribution in [0.5, 0.6) is 0 Å². The van der Waals surface area contributed by atoms with Gasteiger partial charge in [-0.2, -0.15) is 18.3 Å². The Hall–Kier alpha value is -2.18. The molecule has 1 aromatic carbocycles. The van der Waals surface area contributed by atoms with Crippen LogP contribution in [0.4, 0.5) is 17.6 Å². The molecule has 0 fully saturated rings. The highest BCUT2D eigenvalue weighted by atomic mass is 19.4. The minimum Gasteiger partial charge on any atom is -0.287 e. The van der Waals surface area contributed by atoms with Gasteiger partial charge in [0.05, 0.1) is 11.3 Å². The van der Waals surface area contributed by atoms with Crippen LogP contribution in [0.2, 0.25) is 0 Å². The number of benzene rings is 1. The lowest BCUT2D eigenvalue weighted by Gasteiger charge is -2.09. The van der Waals surface area contributed by atoms with Crippen molar-refractivity contribution in [3.8, 4) is 0 Å². The Morgan fingerprint density at radius 2 is 1.90 bits per heavy atom. The lowest BCUT2D eigenvalue weighted by Crippen LogP contribution is -2.12. The maximum atomic E-state index is 13.4.